The minimum Gasteiger partial charge on any atom is -0.341 e. The molecule has 1 heterocycles. The summed E-state index contributed by atoms with van der Waals surface area (Å²) < 4.78 is 0. The first kappa shape index (κ1) is 14.5. The van der Waals surface area contributed by atoms with Crippen molar-refractivity contribution in [2.24, 2.45) is 0 Å². The summed E-state index contributed by atoms with van der Waals surface area (Å²) in [4.78, 5) is 8.36. The number of imidazole rings is 1. The number of hydrogen-bond acceptors (Lipinski definition) is 2. The smallest absolute Gasteiger partial charge is 0.107 e. The molecule has 3 nitrogen and oxygen atoms in total. The molecule has 0 saturated heterocycles. The molecule has 22 heavy (non-hydrogen) atoms. The molecule has 0 saturated carbocycles. The van der Waals surface area contributed by atoms with Crippen LogP contribution in [0.5, 0.6) is 0 Å². The van der Waals surface area contributed by atoms with Crippen LogP contribution in [0.4, 0.5) is 0 Å². The molecule has 0 aliphatic heterocycles. The van der Waals surface area contributed by atoms with Gasteiger partial charge in [-0.3, -0.25) is 0 Å². The van der Waals surface area contributed by atoms with Crippen LogP contribution in [-0.4, -0.2) is 23.6 Å². The van der Waals surface area contributed by atoms with Gasteiger partial charge in [-0.15, -0.1) is 0 Å². The van der Waals surface area contributed by atoms with Crippen molar-refractivity contribution in [3.63, 3.8) is 0 Å². The Morgan fingerprint density at radius 3 is 2.18 bits per heavy atom. The van der Waals surface area contributed by atoms with Gasteiger partial charge in [0.2, 0.25) is 0 Å². The lowest BCUT2D eigenvalue weighted by Gasteiger charge is -2.02. The van der Waals surface area contributed by atoms with Gasteiger partial charge in [-0.25, -0.2) is 4.98 Å². The van der Waals surface area contributed by atoms with Crippen LogP contribution in [0.2, 0.25) is 0 Å². The summed E-state index contributed by atoms with van der Waals surface area (Å²) in [5, 5.41) is 3.18. The fraction of sp³-hybridized carbons (Fsp3) is 0.211. The van der Waals surface area contributed by atoms with E-state index in [0.29, 0.717) is 0 Å². The number of aromatic nitrogens is 2. The molecule has 2 aromatic carbocycles. The summed E-state index contributed by atoms with van der Waals surface area (Å²) in [6.07, 6.45) is 2.03. The van der Waals surface area contributed by atoms with E-state index in [0.717, 1.165) is 42.2 Å². The Bertz CT molecular complexity index is 645. The molecule has 0 bridgehead atoms. The highest BCUT2D eigenvalue weighted by molar-refractivity contribution is 5.78. The highest BCUT2D eigenvalue weighted by Crippen LogP contribution is 2.30. The van der Waals surface area contributed by atoms with Crippen LogP contribution in [0.1, 0.15) is 12.2 Å². The topological polar surface area (TPSA) is 40.7 Å². The van der Waals surface area contributed by atoms with Gasteiger partial charge in [-0.2, -0.15) is 0 Å². The first-order chi connectivity index (χ1) is 10.9. The van der Waals surface area contributed by atoms with Crippen LogP contribution >= 0.6 is 0 Å². The van der Waals surface area contributed by atoms with Crippen LogP contribution in [0.25, 0.3) is 22.5 Å². The molecule has 3 rings (SSSR count). The number of rotatable bonds is 6. The third kappa shape index (κ3) is 3.26. The number of aryl methyl sites for hydroxylation is 1. The lowest BCUT2D eigenvalue weighted by atomic mass is 10.1. The van der Waals surface area contributed by atoms with Crippen molar-refractivity contribution in [2.45, 2.75) is 12.8 Å². The second-order valence-corrected chi connectivity index (χ2v) is 5.35. The molecule has 2 N–H and O–H groups in total. The predicted octanol–water partition coefficient (Wildman–Crippen LogP) is 3.90. The summed E-state index contributed by atoms with van der Waals surface area (Å²) in [5.74, 6) is 1.05. The summed E-state index contributed by atoms with van der Waals surface area (Å²) in [5.41, 5.74) is 4.46. The molecule has 112 valence electrons. The number of benzene rings is 2. The molecule has 0 spiro atoms. The fourth-order valence-corrected chi connectivity index (χ4v) is 2.59. The Hall–Kier alpha value is -2.39. The zero-order chi connectivity index (χ0) is 15.2. The Kier molecular flexibility index (Phi) is 4.66. The van der Waals surface area contributed by atoms with Crippen LogP contribution in [-0.2, 0) is 6.42 Å². The van der Waals surface area contributed by atoms with Crippen molar-refractivity contribution >= 4 is 0 Å². The summed E-state index contributed by atoms with van der Waals surface area (Å²) in [7, 11) is 1.98. The average molecular weight is 291 g/mol. The molecule has 0 amide bonds. The van der Waals surface area contributed by atoms with E-state index in [1.807, 2.05) is 19.2 Å². The molecule has 3 aromatic rings. The van der Waals surface area contributed by atoms with Gasteiger partial charge in [0.1, 0.15) is 5.82 Å². The maximum atomic E-state index is 4.85. The molecule has 0 radical (unpaired) electrons. The van der Waals surface area contributed by atoms with Crippen molar-refractivity contribution in [1.29, 1.82) is 0 Å². The van der Waals surface area contributed by atoms with E-state index in [1.54, 1.807) is 0 Å². The Balaban J connectivity index is 1.99. The molecule has 0 unspecified atom stereocenters. The normalized spacial score (nSPS) is 10.8. The van der Waals surface area contributed by atoms with Crippen molar-refractivity contribution < 1.29 is 0 Å². The zero-order valence-corrected chi connectivity index (χ0v) is 12.8. The summed E-state index contributed by atoms with van der Waals surface area (Å²) >= 11 is 0. The van der Waals surface area contributed by atoms with Crippen molar-refractivity contribution in [3.05, 3.63) is 66.5 Å². The van der Waals surface area contributed by atoms with Gasteiger partial charge in [0.25, 0.3) is 0 Å². The third-order valence-corrected chi connectivity index (χ3v) is 3.70. The van der Waals surface area contributed by atoms with E-state index in [-0.39, 0.29) is 0 Å². The summed E-state index contributed by atoms with van der Waals surface area (Å²) in [6.45, 7) is 1.00. The molecule has 0 aliphatic rings. The Labute approximate surface area is 131 Å². The third-order valence-electron chi connectivity index (χ3n) is 3.70. The van der Waals surface area contributed by atoms with Gasteiger partial charge in [0.15, 0.2) is 0 Å². The summed E-state index contributed by atoms with van der Waals surface area (Å²) in [6, 6.07) is 20.8. The molecular weight excluding hydrogens is 270 g/mol. The van der Waals surface area contributed by atoms with Crippen molar-refractivity contribution in [1.82, 2.24) is 15.3 Å². The highest BCUT2D eigenvalue weighted by atomic mass is 14.9. The van der Waals surface area contributed by atoms with Crippen molar-refractivity contribution in [2.75, 3.05) is 13.6 Å². The van der Waals surface area contributed by atoms with E-state index in [2.05, 4.69) is 58.8 Å². The molecule has 3 heteroatoms. The lowest BCUT2D eigenvalue weighted by molar-refractivity contribution is 0.708. The SMILES string of the molecule is CNCCCc1nc(-c2ccccc2)c(-c2ccccc2)[nH]1. The van der Waals surface area contributed by atoms with E-state index < -0.39 is 0 Å². The van der Waals surface area contributed by atoms with Gasteiger partial charge >= 0.3 is 0 Å². The molecule has 0 atom stereocenters. The average Bonchev–Trinajstić information content (AvgIpc) is 3.01. The Morgan fingerprint density at radius 2 is 1.55 bits per heavy atom. The van der Waals surface area contributed by atoms with E-state index in [9.17, 15) is 0 Å². The van der Waals surface area contributed by atoms with Crippen LogP contribution in [0, 0.1) is 0 Å². The number of aromatic amines is 1. The predicted molar refractivity (Wildman–Crippen MR) is 91.7 cm³/mol. The second-order valence-electron chi connectivity index (χ2n) is 5.35. The van der Waals surface area contributed by atoms with Gasteiger partial charge in [-0.1, -0.05) is 60.7 Å². The van der Waals surface area contributed by atoms with Gasteiger partial charge < -0.3 is 10.3 Å². The van der Waals surface area contributed by atoms with Crippen molar-refractivity contribution in [3.8, 4) is 22.5 Å². The van der Waals surface area contributed by atoms with Crippen LogP contribution < -0.4 is 5.32 Å². The van der Waals surface area contributed by atoms with Gasteiger partial charge in [-0.05, 0) is 20.0 Å². The lowest BCUT2D eigenvalue weighted by Crippen LogP contribution is -2.08. The van der Waals surface area contributed by atoms with E-state index >= 15 is 0 Å². The van der Waals surface area contributed by atoms with Crippen LogP contribution in [0.15, 0.2) is 60.7 Å². The van der Waals surface area contributed by atoms with E-state index in [1.165, 1.54) is 5.56 Å². The standard InChI is InChI=1S/C19H21N3/c1-20-14-8-13-17-21-18(15-9-4-2-5-10-15)19(22-17)16-11-6-3-7-12-16/h2-7,9-12,20H,8,13-14H2,1H3,(H,21,22). The minimum atomic E-state index is 0.952. The monoisotopic (exact) mass is 291 g/mol. The van der Waals surface area contributed by atoms with Gasteiger partial charge in [0, 0.05) is 17.5 Å². The fourth-order valence-electron chi connectivity index (χ4n) is 2.59. The Morgan fingerprint density at radius 1 is 0.909 bits per heavy atom. The quantitative estimate of drug-likeness (QED) is 0.676. The van der Waals surface area contributed by atoms with E-state index in [4.69, 9.17) is 4.98 Å². The number of hydrogen-bond donors (Lipinski definition) is 2. The largest absolute Gasteiger partial charge is 0.341 e. The molecule has 0 aliphatic carbocycles. The number of nitrogens with one attached hydrogen (secondary N) is 2. The maximum absolute atomic E-state index is 4.85. The molecule has 1 aromatic heterocycles. The first-order valence-corrected chi connectivity index (χ1v) is 7.73. The van der Waals surface area contributed by atoms with Crippen LogP contribution in [0.3, 0.4) is 0 Å². The first-order valence-electron chi connectivity index (χ1n) is 7.73. The number of H-pyrrole nitrogens is 1. The second kappa shape index (κ2) is 7.05. The van der Waals surface area contributed by atoms with Gasteiger partial charge in [0.05, 0.1) is 11.4 Å². The minimum absolute atomic E-state index is 0.952. The molecule has 0 fully saturated rings. The number of nitrogens with zero attached hydrogens (tertiary/aromatic N) is 1. The molecular formula is C19H21N3. The maximum Gasteiger partial charge on any atom is 0.107 e. The highest BCUT2D eigenvalue weighted by Gasteiger charge is 2.13. The zero-order valence-electron chi connectivity index (χ0n) is 12.8.